The maximum atomic E-state index is 13.2. The minimum Gasteiger partial charge on any atom is -0.338 e. The predicted octanol–water partition coefficient (Wildman–Crippen LogP) is 3.10. The molecule has 0 unspecified atom stereocenters. The Morgan fingerprint density at radius 3 is 2.47 bits per heavy atom. The Labute approximate surface area is 85.6 Å². The topological polar surface area (TPSA) is 24.9 Å². The average Bonchev–Trinajstić information content (AvgIpc) is 2.24. The fourth-order valence-electron chi connectivity index (χ4n) is 1.16. The number of halogens is 2. The van der Waals surface area contributed by atoms with Crippen LogP contribution < -0.4 is 5.32 Å². The van der Waals surface area contributed by atoms with Crippen LogP contribution in [0.1, 0.15) is 0 Å². The van der Waals surface area contributed by atoms with Gasteiger partial charge in [-0.05, 0) is 12.1 Å². The van der Waals surface area contributed by atoms with Gasteiger partial charge in [-0.25, -0.2) is 13.8 Å². The third-order valence-corrected chi connectivity index (χ3v) is 1.84. The van der Waals surface area contributed by atoms with Crippen molar-refractivity contribution in [1.82, 2.24) is 4.98 Å². The van der Waals surface area contributed by atoms with Gasteiger partial charge in [0.15, 0.2) is 11.6 Å². The van der Waals surface area contributed by atoms with Gasteiger partial charge in [-0.3, -0.25) is 0 Å². The van der Waals surface area contributed by atoms with Gasteiger partial charge in [-0.15, -0.1) is 0 Å². The lowest BCUT2D eigenvalue weighted by atomic mass is 10.3. The molecule has 0 atom stereocenters. The van der Waals surface area contributed by atoms with E-state index in [1.807, 2.05) is 18.2 Å². The van der Waals surface area contributed by atoms with Gasteiger partial charge in [0.05, 0.1) is 6.20 Å². The fourth-order valence-corrected chi connectivity index (χ4v) is 1.16. The first-order valence-electron chi connectivity index (χ1n) is 4.39. The molecule has 76 valence electrons. The van der Waals surface area contributed by atoms with Crippen LogP contribution in [0.2, 0.25) is 0 Å². The van der Waals surface area contributed by atoms with Gasteiger partial charge in [-0.2, -0.15) is 0 Å². The molecule has 0 saturated carbocycles. The third-order valence-electron chi connectivity index (χ3n) is 1.84. The van der Waals surface area contributed by atoms with E-state index in [-0.39, 0.29) is 5.82 Å². The number of hydrogen-bond donors (Lipinski definition) is 1. The molecule has 0 saturated heterocycles. The lowest BCUT2D eigenvalue weighted by molar-refractivity contribution is 0.576. The monoisotopic (exact) mass is 206 g/mol. The van der Waals surface area contributed by atoms with Crippen LogP contribution in [0.15, 0.2) is 42.6 Å². The van der Waals surface area contributed by atoms with Crippen molar-refractivity contribution in [2.45, 2.75) is 0 Å². The molecule has 0 aliphatic rings. The van der Waals surface area contributed by atoms with E-state index >= 15 is 0 Å². The van der Waals surface area contributed by atoms with E-state index in [2.05, 4.69) is 10.3 Å². The van der Waals surface area contributed by atoms with Crippen LogP contribution in [0.5, 0.6) is 0 Å². The van der Waals surface area contributed by atoms with Gasteiger partial charge in [0.25, 0.3) is 0 Å². The molecule has 0 aliphatic carbocycles. The van der Waals surface area contributed by atoms with E-state index in [1.165, 1.54) is 0 Å². The zero-order chi connectivity index (χ0) is 10.7. The molecule has 1 aromatic heterocycles. The summed E-state index contributed by atoms with van der Waals surface area (Å²) < 4.78 is 25.7. The fraction of sp³-hybridized carbons (Fsp3) is 0. The van der Waals surface area contributed by atoms with Gasteiger partial charge in [0, 0.05) is 11.8 Å². The molecule has 2 aromatic rings. The second-order valence-corrected chi connectivity index (χ2v) is 2.97. The number of para-hydroxylation sites is 1. The summed E-state index contributed by atoms with van der Waals surface area (Å²) in [6.45, 7) is 0. The highest BCUT2D eigenvalue weighted by molar-refractivity contribution is 5.55. The highest BCUT2D eigenvalue weighted by atomic mass is 19.1. The quantitative estimate of drug-likeness (QED) is 0.816. The van der Waals surface area contributed by atoms with E-state index in [0.29, 0.717) is 5.69 Å². The van der Waals surface area contributed by atoms with Crippen molar-refractivity contribution in [3.8, 4) is 0 Å². The summed E-state index contributed by atoms with van der Waals surface area (Å²) in [5, 5.41) is 2.75. The number of nitrogens with one attached hydrogen (secondary N) is 1. The van der Waals surface area contributed by atoms with Gasteiger partial charge in [0.2, 0.25) is 0 Å². The summed E-state index contributed by atoms with van der Waals surface area (Å²) in [6.07, 6.45) is 0.967. The van der Waals surface area contributed by atoms with Gasteiger partial charge in [-0.1, -0.05) is 18.2 Å². The summed E-state index contributed by atoms with van der Waals surface area (Å²) in [5.41, 5.74) is 0.704. The maximum Gasteiger partial charge on any atom is 0.168 e. The van der Waals surface area contributed by atoms with Crippen LogP contribution in [0.3, 0.4) is 0 Å². The molecule has 0 aliphatic heterocycles. The first-order valence-corrected chi connectivity index (χ1v) is 4.39. The summed E-state index contributed by atoms with van der Waals surface area (Å²) >= 11 is 0. The summed E-state index contributed by atoms with van der Waals surface area (Å²) in [6, 6.07) is 9.79. The lowest BCUT2D eigenvalue weighted by Gasteiger charge is -2.05. The second kappa shape index (κ2) is 4.04. The molecule has 1 aromatic carbocycles. The SMILES string of the molecule is Fc1cnc(Nc2ccccc2)c(F)c1. The van der Waals surface area contributed by atoms with E-state index in [1.54, 1.807) is 12.1 Å². The summed E-state index contributed by atoms with van der Waals surface area (Å²) in [7, 11) is 0. The van der Waals surface area contributed by atoms with Crippen LogP contribution in [0, 0.1) is 11.6 Å². The molecule has 1 N–H and O–H groups in total. The molecule has 15 heavy (non-hydrogen) atoms. The van der Waals surface area contributed by atoms with E-state index in [9.17, 15) is 8.78 Å². The molecule has 0 radical (unpaired) electrons. The van der Waals surface area contributed by atoms with Crippen LogP contribution >= 0.6 is 0 Å². The molecule has 0 spiro atoms. The molecule has 1 heterocycles. The van der Waals surface area contributed by atoms with Crippen molar-refractivity contribution in [2.75, 3.05) is 5.32 Å². The predicted molar refractivity (Wildman–Crippen MR) is 53.9 cm³/mol. The molecule has 4 heteroatoms. The Morgan fingerprint density at radius 1 is 1.07 bits per heavy atom. The van der Waals surface area contributed by atoms with Crippen molar-refractivity contribution in [1.29, 1.82) is 0 Å². The Balaban J connectivity index is 2.25. The standard InChI is InChI=1S/C11H8F2N2/c12-8-6-10(13)11(14-7-8)15-9-4-2-1-3-5-9/h1-7H,(H,14,15). The zero-order valence-corrected chi connectivity index (χ0v) is 7.74. The maximum absolute atomic E-state index is 13.2. The minimum absolute atomic E-state index is 0.0163. The minimum atomic E-state index is -0.709. The number of nitrogens with zero attached hydrogens (tertiary/aromatic N) is 1. The zero-order valence-electron chi connectivity index (χ0n) is 7.74. The second-order valence-electron chi connectivity index (χ2n) is 2.97. The van der Waals surface area contributed by atoms with Crippen LogP contribution in [0.4, 0.5) is 20.3 Å². The molecule has 0 fully saturated rings. The number of hydrogen-bond acceptors (Lipinski definition) is 2. The smallest absolute Gasteiger partial charge is 0.168 e. The van der Waals surface area contributed by atoms with Crippen molar-refractivity contribution in [2.24, 2.45) is 0 Å². The first-order chi connectivity index (χ1) is 7.25. The van der Waals surface area contributed by atoms with Crippen molar-refractivity contribution in [3.63, 3.8) is 0 Å². The number of anilines is 2. The number of aromatic nitrogens is 1. The Morgan fingerprint density at radius 2 is 1.80 bits per heavy atom. The van der Waals surface area contributed by atoms with Gasteiger partial charge in [0.1, 0.15) is 5.82 Å². The summed E-state index contributed by atoms with van der Waals surface area (Å²) in [4.78, 5) is 3.61. The normalized spacial score (nSPS) is 10.0. The third kappa shape index (κ3) is 2.28. The molecular formula is C11H8F2N2. The molecular weight excluding hydrogens is 198 g/mol. The Kier molecular flexibility index (Phi) is 2.58. The van der Waals surface area contributed by atoms with Crippen LogP contribution in [-0.4, -0.2) is 4.98 Å². The average molecular weight is 206 g/mol. The molecule has 0 amide bonds. The number of rotatable bonds is 2. The van der Waals surface area contributed by atoms with E-state index in [0.717, 1.165) is 12.3 Å². The van der Waals surface area contributed by atoms with Crippen LogP contribution in [-0.2, 0) is 0 Å². The first kappa shape index (κ1) is 9.58. The largest absolute Gasteiger partial charge is 0.338 e. The number of benzene rings is 1. The highest BCUT2D eigenvalue weighted by Crippen LogP contribution is 2.17. The Bertz CT molecular complexity index is 457. The van der Waals surface area contributed by atoms with Gasteiger partial charge < -0.3 is 5.32 Å². The van der Waals surface area contributed by atoms with Crippen LogP contribution in [0.25, 0.3) is 0 Å². The van der Waals surface area contributed by atoms with Gasteiger partial charge >= 0.3 is 0 Å². The number of pyridine rings is 1. The summed E-state index contributed by atoms with van der Waals surface area (Å²) in [5.74, 6) is -1.38. The van der Waals surface area contributed by atoms with E-state index in [4.69, 9.17) is 0 Å². The highest BCUT2D eigenvalue weighted by Gasteiger charge is 2.04. The Hall–Kier alpha value is -1.97. The van der Waals surface area contributed by atoms with Crippen molar-refractivity contribution in [3.05, 3.63) is 54.2 Å². The molecule has 2 nitrogen and oxygen atoms in total. The molecule has 0 bridgehead atoms. The lowest BCUT2D eigenvalue weighted by Crippen LogP contribution is -1.97. The van der Waals surface area contributed by atoms with Crippen molar-refractivity contribution < 1.29 is 8.78 Å². The van der Waals surface area contributed by atoms with Crippen molar-refractivity contribution >= 4 is 11.5 Å². The van der Waals surface area contributed by atoms with E-state index < -0.39 is 11.6 Å². The molecule has 2 rings (SSSR count).